The van der Waals surface area contributed by atoms with Crippen LogP contribution in [0.4, 0.5) is 0 Å². The lowest BCUT2D eigenvalue weighted by molar-refractivity contribution is 0.223. The van der Waals surface area contributed by atoms with Gasteiger partial charge in [-0.1, -0.05) is 26.0 Å². The van der Waals surface area contributed by atoms with Crippen LogP contribution in [0.5, 0.6) is 5.75 Å². The van der Waals surface area contributed by atoms with Gasteiger partial charge in [0, 0.05) is 19.6 Å². The van der Waals surface area contributed by atoms with E-state index in [1.165, 1.54) is 5.56 Å². The fourth-order valence-corrected chi connectivity index (χ4v) is 2.20. The van der Waals surface area contributed by atoms with Crippen molar-refractivity contribution in [1.29, 1.82) is 0 Å². The van der Waals surface area contributed by atoms with Gasteiger partial charge in [0.05, 0.1) is 6.54 Å². The number of guanidine groups is 1. The molecule has 0 aliphatic heterocycles. The van der Waals surface area contributed by atoms with Crippen molar-refractivity contribution in [2.45, 2.75) is 34.2 Å². The van der Waals surface area contributed by atoms with Crippen LogP contribution in [0.1, 0.15) is 33.3 Å². The molecule has 0 saturated carbocycles. The molecule has 0 aliphatic carbocycles. The lowest BCUT2D eigenvalue weighted by Crippen LogP contribution is -2.36. The first-order chi connectivity index (χ1) is 11.2. The highest BCUT2D eigenvalue weighted by Crippen LogP contribution is 2.12. The summed E-state index contributed by atoms with van der Waals surface area (Å²) in [6.45, 7) is 14.7. The summed E-state index contributed by atoms with van der Waals surface area (Å²) in [5, 5.41) is 6.45. The lowest BCUT2D eigenvalue weighted by atomic mass is 10.2. The van der Waals surface area contributed by atoms with Gasteiger partial charge < -0.3 is 20.3 Å². The Balaban J connectivity index is 0.00000529. The third-order valence-electron chi connectivity index (χ3n) is 3.60. The van der Waals surface area contributed by atoms with Gasteiger partial charge in [-0.2, -0.15) is 0 Å². The average molecular weight is 448 g/mol. The van der Waals surface area contributed by atoms with E-state index in [-0.39, 0.29) is 24.0 Å². The van der Waals surface area contributed by atoms with E-state index >= 15 is 0 Å². The highest BCUT2D eigenvalue weighted by Gasteiger charge is 2.00. The van der Waals surface area contributed by atoms with E-state index in [2.05, 4.69) is 60.4 Å². The summed E-state index contributed by atoms with van der Waals surface area (Å²) < 4.78 is 5.80. The Bertz CT molecular complexity index is 439. The molecule has 0 atom stereocenters. The van der Waals surface area contributed by atoms with Crippen LogP contribution in [0.15, 0.2) is 29.3 Å². The van der Waals surface area contributed by atoms with E-state index < -0.39 is 0 Å². The molecule has 0 bridgehead atoms. The second kappa shape index (κ2) is 14.3. The zero-order valence-corrected chi connectivity index (χ0v) is 17.8. The quantitative estimate of drug-likeness (QED) is 0.328. The maximum Gasteiger partial charge on any atom is 0.191 e. The van der Waals surface area contributed by atoms with Crippen LogP contribution in [0, 0.1) is 0 Å². The van der Waals surface area contributed by atoms with Crippen LogP contribution in [0.3, 0.4) is 0 Å². The molecule has 138 valence electrons. The predicted molar refractivity (Wildman–Crippen MR) is 114 cm³/mol. The van der Waals surface area contributed by atoms with E-state index in [1.807, 2.05) is 12.1 Å². The summed E-state index contributed by atoms with van der Waals surface area (Å²) in [4.78, 5) is 6.91. The van der Waals surface area contributed by atoms with Crippen LogP contribution in [-0.4, -0.2) is 50.2 Å². The maximum absolute atomic E-state index is 5.80. The molecule has 0 heterocycles. The smallest absolute Gasteiger partial charge is 0.191 e. The summed E-state index contributed by atoms with van der Waals surface area (Å²) in [5.74, 6) is 1.78. The van der Waals surface area contributed by atoms with Gasteiger partial charge in [0.2, 0.25) is 0 Å². The minimum Gasteiger partial charge on any atom is -0.492 e. The van der Waals surface area contributed by atoms with Gasteiger partial charge in [-0.05, 0) is 44.6 Å². The Labute approximate surface area is 164 Å². The van der Waals surface area contributed by atoms with E-state index in [1.54, 1.807) is 0 Å². The van der Waals surface area contributed by atoms with Crippen LogP contribution >= 0.6 is 24.0 Å². The topological polar surface area (TPSA) is 48.9 Å². The van der Waals surface area contributed by atoms with Crippen molar-refractivity contribution in [3.63, 3.8) is 0 Å². The number of ether oxygens (including phenoxy) is 1. The fourth-order valence-electron chi connectivity index (χ4n) is 2.20. The van der Waals surface area contributed by atoms with Gasteiger partial charge in [0.1, 0.15) is 12.4 Å². The summed E-state index contributed by atoms with van der Waals surface area (Å²) in [6, 6.07) is 8.19. The number of likely N-dealkylation sites (N-methyl/N-ethyl adjacent to an activating group) is 1. The zero-order chi connectivity index (χ0) is 16.9. The fraction of sp³-hybridized carbons (Fsp3) is 0.611. The third kappa shape index (κ3) is 9.32. The molecule has 0 radical (unpaired) electrons. The molecule has 0 aromatic heterocycles. The summed E-state index contributed by atoms with van der Waals surface area (Å²) in [7, 11) is 0. The van der Waals surface area contributed by atoms with Crippen LogP contribution in [-0.2, 0) is 6.54 Å². The first kappa shape index (κ1) is 23.0. The minimum absolute atomic E-state index is 0. The van der Waals surface area contributed by atoms with Gasteiger partial charge in [0.15, 0.2) is 5.96 Å². The van der Waals surface area contributed by atoms with Crippen molar-refractivity contribution < 1.29 is 4.74 Å². The van der Waals surface area contributed by atoms with Crippen LogP contribution < -0.4 is 15.4 Å². The van der Waals surface area contributed by atoms with Crippen molar-refractivity contribution in [2.24, 2.45) is 4.99 Å². The number of benzene rings is 1. The van der Waals surface area contributed by atoms with E-state index in [0.717, 1.165) is 51.0 Å². The summed E-state index contributed by atoms with van der Waals surface area (Å²) in [6.07, 6.45) is 0. The molecular weight excluding hydrogens is 415 g/mol. The number of rotatable bonds is 10. The van der Waals surface area contributed by atoms with Gasteiger partial charge in [-0.3, -0.25) is 0 Å². The van der Waals surface area contributed by atoms with Crippen LogP contribution in [0.2, 0.25) is 0 Å². The second-order valence-corrected chi connectivity index (χ2v) is 5.24. The predicted octanol–water partition coefficient (Wildman–Crippen LogP) is 3.10. The molecule has 0 spiro atoms. The Kier molecular flexibility index (Phi) is 13.7. The molecule has 0 unspecified atom stereocenters. The first-order valence-electron chi connectivity index (χ1n) is 8.69. The first-order valence-corrected chi connectivity index (χ1v) is 8.69. The second-order valence-electron chi connectivity index (χ2n) is 5.24. The van der Waals surface area contributed by atoms with E-state index in [9.17, 15) is 0 Å². The number of hydrogen-bond donors (Lipinski definition) is 2. The Hall–Kier alpha value is -1.02. The Morgan fingerprint density at radius 3 is 2.08 bits per heavy atom. The van der Waals surface area contributed by atoms with Gasteiger partial charge in [-0.15, -0.1) is 24.0 Å². The van der Waals surface area contributed by atoms with Gasteiger partial charge in [-0.25, -0.2) is 4.99 Å². The normalized spacial score (nSPS) is 10.0. The van der Waals surface area contributed by atoms with Crippen molar-refractivity contribution in [1.82, 2.24) is 15.5 Å². The third-order valence-corrected chi connectivity index (χ3v) is 3.60. The number of halogens is 1. The SMILES string of the molecule is CCNC(=NCc1ccc(OCCN(CC)CC)cc1)NCC.I. The van der Waals surface area contributed by atoms with E-state index in [4.69, 9.17) is 4.74 Å². The lowest BCUT2D eigenvalue weighted by Gasteiger charge is -2.18. The Morgan fingerprint density at radius 2 is 1.58 bits per heavy atom. The number of aliphatic imine (C=N–C) groups is 1. The van der Waals surface area contributed by atoms with Crippen molar-refractivity contribution in [3.8, 4) is 5.75 Å². The molecule has 1 aromatic carbocycles. The molecule has 24 heavy (non-hydrogen) atoms. The highest BCUT2D eigenvalue weighted by molar-refractivity contribution is 14.0. The zero-order valence-electron chi connectivity index (χ0n) is 15.5. The summed E-state index contributed by atoms with van der Waals surface area (Å²) in [5.41, 5.74) is 1.18. The molecular formula is C18H33IN4O. The van der Waals surface area contributed by atoms with Crippen LogP contribution in [0.25, 0.3) is 0 Å². The maximum atomic E-state index is 5.80. The van der Waals surface area contributed by atoms with Crippen molar-refractivity contribution in [2.75, 3.05) is 39.3 Å². The minimum atomic E-state index is 0. The number of hydrogen-bond acceptors (Lipinski definition) is 3. The molecule has 1 rings (SSSR count). The van der Waals surface area contributed by atoms with Gasteiger partial charge in [0.25, 0.3) is 0 Å². The Morgan fingerprint density at radius 1 is 1.00 bits per heavy atom. The summed E-state index contributed by atoms with van der Waals surface area (Å²) >= 11 is 0. The molecule has 2 N–H and O–H groups in total. The number of nitrogens with one attached hydrogen (secondary N) is 2. The molecule has 1 aromatic rings. The monoisotopic (exact) mass is 448 g/mol. The molecule has 0 saturated heterocycles. The average Bonchev–Trinajstić information content (AvgIpc) is 2.58. The molecule has 0 amide bonds. The molecule has 0 fully saturated rings. The molecule has 0 aliphatic rings. The molecule has 5 nitrogen and oxygen atoms in total. The number of nitrogens with zero attached hydrogens (tertiary/aromatic N) is 2. The van der Waals surface area contributed by atoms with Crippen molar-refractivity contribution >= 4 is 29.9 Å². The standard InChI is InChI=1S/C18H32N4O.HI/c1-5-19-18(20-6-2)21-15-16-9-11-17(12-10-16)23-14-13-22(7-3)8-4;/h9-12H,5-8,13-15H2,1-4H3,(H2,19,20,21);1H. The highest BCUT2D eigenvalue weighted by atomic mass is 127. The van der Waals surface area contributed by atoms with Crippen molar-refractivity contribution in [3.05, 3.63) is 29.8 Å². The largest absolute Gasteiger partial charge is 0.492 e. The van der Waals surface area contributed by atoms with Gasteiger partial charge >= 0.3 is 0 Å². The molecule has 6 heteroatoms. The van der Waals surface area contributed by atoms with E-state index in [0.29, 0.717) is 6.54 Å².